The van der Waals surface area contributed by atoms with Gasteiger partial charge in [-0.25, -0.2) is 0 Å². The van der Waals surface area contributed by atoms with E-state index in [4.69, 9.17) is 0 Å². The number of carbonyl (C=O) groups excluding carboxylic acids is 1. The fourth-order valence-corrected chi connectivity index (χ4v) is 2.86. The third-order valence-corrected chi connectivity index (χ3v) is 4.36. The largest absolute Gasteiger partial charge is 0.369 e. The lowest BCUT2D eigenvalue weighted by Crippen LogP contribution is -2.25. The van der Waals surface area contributed by atoms with Crippen molar-refractivity contribution in [3.63, 3.8) is 0 Å². The van der Waals surface area contributed by atoms with Crippen LogP contribution in [0.15, 0.2) is 103 Å². The average Bonchev–Trinajstić information content (AvgIpc) is 2.73. The summed E-state index contributed by atoms with van der Waals surface area (Å²) in [6, 6.07) is 30.2. The standard InChI is InChI=1S/C24H24N2O/c1-25(23-15-9-4-10-16-23)24(27)17-18-26(19-21-11-5-2-6-12-21)20-22-13-7-3-8-14-22/h2-18H,19-20H2,1H3. The zero-order valence-corrected chi connectivity index (χ0v) is 15.5. The van der Waals surface area contributed by atoms with Gasteiger partial charge >= 0.3 is 0 Å². The van der Waals surface area contributed by atoms with Gasteiger partial charge in [-0.05, 0) is 23.3 Å². The smallest absolute Gasteiger partial charge is 0.252 e. The van der Waals surface area contributed by atoms with E-state index in [1.54, 1.807) is 18.0 Å². The summed E-state index contributed by atoms with van der Waals surface area (Å²) < 4.78 is 0. The quantitative estimate of drug-likeness (QED) is 0.564. The number of likely N-dealkylation sites (N-methyl/N-ethyl adjacent to an activating group) is 1. The van der Waals surface area contributed by atoms with E-state index in [2.05, 4.69) is 29.2 Å². The topological polar surface area (TPSA) is 23.6 Å². The van der Waals surface area contributed by atoms with Crippen molar-refractivity contribution < 1.29 is 4.79 Å². The molecule has 0 fully saturated rings. The summed E-state index contributed by atoms with van der Waals surface area (Å²) in [6.07, 6.45) is 3.53. The van der Waals surface area contributed by atoms with Crippen molar-refractivity contribution >= 4 is 11.6 Å². The lowest BCUT2D eigenvalue weighted by atomic mass is 10.2. The molecule has 0 radical (unpaired) electrons. The van der Waals surface area contributed by atoms with E-state index in [0.717, 1.165) is 18.8 Å². The molecule has 0 bridgehead atoms. The van der Waals surface area contributed by atoms with Crippen LogP contribution in [-0.4, -0.2) is 17.9 Å². The molecule has 0 unspecified atom stereocenters. The summed E-state index contributed by atoms with van der Waals surface area (Å²) in [5.74, 6) is -0.0488. The van der Waals surface area contributed by atoms with Gasteiger partial charge in [0.05, 0.1) is 0 Å². The van der Waals surface area contributed by atoms with Crippen LogP contribution in [0.3, 0.4) is 0 Å². The third-order valence-electron chi connectivity index (χ3n) is 4.36. The van der Waals surface area contributed by atoms with Crippen LogP contribution in [0, 0.1) is 0 Å². The fourth-order valence-electron chi connectivity index (χ4n) is 2.86. The van der Waals surface area contributed by atoms with Crippen LogP contribution in [0.2, 0.25) is 0 Å². The number of carbonyl (C=O) groups is 1. The first kappa shape index (κ1) is 18.5. The van der Waals surface area contributed by atoms with E-state index >= 15 is 0 Å². The Labute approximate surface area is 161 Å². The summed E-state index contributed by atoms with van der Waals surface area (Å²) in [5, 5.41) is 0. The molecule has 0 aliphatic rings. The predicted molar refractivity (Wildman–Crippen MR) is 111 cm³/mol. The molecular formula is C24H24N2O. The van der Waals surface area contributed by atoms with E-state index in [1.165, 1.54) is 11.1 Å². The summed E-state index contributed by atoms with van der Waals surface area (Å²) >= 11 is 0. The molecule has 3 nitrogen and oxygen atoms in total. The first-order valence-electron chi connectivity index (χ1n) is 9.05. The van der Waals surface area contributed by atoms with Crippen LogP contribution >= 0.6 is 0 Å². The Morgan fingerprint density at radius 2 is 1.19 bits per heavy atom. The highest BCUT2D eigenvalue weighted by Gasteiger charge is 2.08. The summed E-state index contributed by atoms with van der Waals surface area (Å²) in [5.41, 5.74) is 3.30. The predicted octanol–water partition coefficient (Wildman–Crippen LogP) is 4.87. The van der Waals surface area contributed by atoms with E-state index < -0.39 is 0 Å². The number of anilines is 1. The van der Waals surface area contributed by atoms with Crippen LogP contribution in [0.25, 0.3) is 0 Å². The normalized spacial score (nSPS) is 10.7. The summed E-state index contributed by atoms with van der Waals surface area (Å²) in [4.78, 5) is 16.4. The lowest BCUT2D eigenvalue weighted by Gasteiger charge is -2.21. The Hall–Kier alpha value is -3.33. The molecule has 0 aliphatic carbocycles. The van der Waals surface area contributed by atoms with Gasteiger partial charge in [0, 0.05) is 38.1 Å². The van der Waals surface area contributed by atoms with Gasteiger partial charge in [0.25, 0.3) is 5.91 Å². The van der Waals surface area contributed by atoms with E-state index in [-0.39, 0.29) is 5.91 Å². The van der Waals surface area contributed by atoms with Crippen LogP contribution in [0.5, 0.6) is 0 Å². The van der Waals surface area contributed by atoms with Crippen molar-refractivity contribution in [3.8, 4) is 0 Å². The molecule has 0 spiro atoms. The Balaban J connectivity index is 1.73. The first-order chi connectivity index (χ1) is 13.2. The number of nitrogens with zero attached hydrogens (tertiary/aromatic N) is 2. The fraction of sp³-hybridized carbons (Fsp3) is 0.125. The minimum absolute atomic E-state index is 0.0488. The van der Waals surface area contributed by atoms with E-state index in [1.807, 2.05) is 72.9 Å². The first-order valence-corrected chi connectivity index (χ1v) is 9.05. The number of hydrogen-bond donors (Lipinski definition) is 0. The highest BCUT2D eigenvalue weighted by Crippen LogP contribution is 2.13. The lowest BCUT2D eigenvalue weighted by molar-refractivity contribution is -0.114. The maximum absolute atomic E-state index is 12.6. The van der Waals surface area contributed by atoms with Gasteiger partial charge < -0.3 is 9.80 Å². The molecule has 3 rings (SSSR count). The highest BCUT2D eigenvalue weighted by atomic mass is 16.2. The number of amides is 1. The van der Waals surface area contributed by atoms with Gasteiger partial charge in [-0.3, -0.25) is 4.79 Å². The Morgan fingerprint density at radius 3 is 1.67 bits per heavy atom. The molecule has 3 aromatic rings. The monoisotopic (exact) mass is 356 g/mol. The van der Waals surface area contributed by atoms with Crippen LogP contribution in [-0.2, 0) is 17.9 Å². The zero-order chi connectivity index (χ0) is 18.9. The van der Waals surface area contributed by atoms with Gasteiger partial charge in [0.15, 0.2) is 0 Å². The molecule has 0 saturated carbocycles. The Bertz CT molecular complexity index is 819. The SMILES string of the molecule is CN(C(=O)C=CN(Cc1ccccc1)Cc1ccccc1)c1ccccc1. The molecule has 0 atom stereocenters. The molecule has 0 saturated heterocycles. The van der Waals surface area contributed by atoms with Gasteiger partial charge in [-0.2, -0.15) is 0 Å². The number of benzene rings is 3. The van der Waals surface area contributed by atoms with Crippen LogP contribution in [0.4, 0.5) is 5.69 Å². The second kappa shape index (κ2) is 9.39. The molecule has 27 heavy (non-hydrogen) atoms. The molecule has 0 heterocycles. The second-order valence-corrected chi connectivity index (χ2v) is 6.42. The van der Waals surface area contributed by atoms with Gasteiger partial charge in [-0.15, -0.1) is 0 Å². The van der Waals surface area contributed by atoms with Gasteiger partial charge in [-0.1, -0.05) is 78.9 Å². The molecule has 0 N–H and O–H groups in total. The maximum Gasteiger partial charge on any atom is 0.252 e. The molecule has 3 heteroatoms. The van der Waals surface area contributed by atoms with Crippen molar-refractivity contribution in [2.45, 2.75) is 13.1 Å². The van der Waals surface area contributed by atoms with Crippen molar-refractivity contribution in [2.75, 3.05) is 11.9 Å². The summed E-state index contributed by atoms with van der Waals surface area (Å²) in [6.45, 7) is 1.49. The summed E-state index contributed by atoms with van der Waals surface area (Å²) in [7, 11) is 1.79. The second-order valence-electron chi connectivity index (χ2n) is 6.42. The maximum atomic E-state index is 12.6. The number of rotatable bonds is 7. The third kappa shape index (κ3) is 5.58. The number of hydrogen-bond acceptors (Lipinski definition) is 2. The van der Waals surface area contributed by atoms with Crippen LogP contribution in [0.1, 0.15) is 11.1 Å². The van der Waals surface area contributed by atoms with Crippen molar-refractivity contribution in [1.82, 2.24) is 4.90 Å². The van der Waals surface area contributed by atoms with E-state index in [0.29, 0.717) is 0 Å². The minimum Gasteiger partial charge on any atom is -0.369 e. The van der Waals surface area contributed by atoms with Gasteiger partial charge in [0.2, 0.25) is 0 Å². The van der Waals surface area contributed by atoms with Crippen molar-refractivity contribution in [3.05, 3.63) is 114 Å². The molecule has 136 valence electrons. The molecule has 1 amide bonds. The van der Waals surface area contributed by atoms with Crippen molar-refractivity contribution in [1.29, 1.82) is 0 Å². The molecule has 0 aliphatic heterocycles. The Morgan fingerprint density at radius 1 is 0.741 bits per heavy atom. The minimum atomic E-state index is -0.0488. The molecular weight excluding hydrogens is 332 g/mol. The van der Waals surface area contributed by atoms with Crippen LogP contribution < -0.4 is 4.90 Å². The van der Waals surface area contributed by atoms with Crippen molar-refractivity contribution in [2.24, 2.45) is 0 Å². The zero-order valence-electron chi connectivity index (χ0n) is 15.5. The molecule has 3 aromatic carbocycles. The van der Waals surface area contributed by atoms with E-state index in [9.17, 15) is 4.79 Å². The average molecular weight is 356 g/mol. The Kier molecular flexibility index (Phi) is 6.42. The molecule has 0 aromatic heterocycles. The van der Waals surface area contributed by atoms with Gasteiger partial charge in [0.1, 0.15) is 0 Å². The number of para-hydroxylation sites is 1. The highest BCUT2D eigenvalue weighted by molar-refractivity contribution is 6.00.